The molecule has 0 saturated heterocycles. The smallest absolute Gasteiger partial charge is 0.367 e. The van der Waals surface area contributed by atoms with E-state index < -0.39 is 27.0 Å². The number of thiazole rings is 1. The van der Waals surface area contributed by atoms with Crippen LogP contribution in [0.5, 0.6) is 0 Å². The number of esters is 1. The summed E-state index contributed by atoms with van der Waals surface area (Å²) < 4.78 is 32.9. The summed E-state index contributed by atoms with van der Waals surface area (Å²) in [6, 6.07) is 11.1. The van der Waals surface area contributed by atoms with Crippen LogP contribution in [0.15, 0.2) is 59.6 Å². The fraction of sp³-hybridized carbons (Fsp3) is 0.333. The molecule has 38 heavy (non-hydrogen) atoms. The fourth-order valence-electron chi connectivity index (χ4n) is 3.41. The summed E-state index contributed by atoms with van der Waals surface area (Å²) in [7, 11) is -4.25. The normalized spacial score (nSPS) is 12.2. The molecule has 3 rings (SSSR count). The summed E-state index contributed by atoms with van der Waals surface area (Å²) in [5, 5.41) is 30.2. The van der Waals surface area contributed by atoms with Gasteiger partial charge in [0.1, 0.15) is 6.61 Å². The number of anilines is 1. The molecule has 204 valence electrons. The molecule has 1 atom stereocenters. The van der Waals surface area contributed by atoms with Crippen molar-refractivity contribution in [3.05, 3.63) is 80.3 Å². The Hall–Kier alpha value is -3.43. The van der Waals surface area contributed by atoms with Gasteiger partial charge in [-0.3, -0.25) is 10.1 Å². The molecule has 0 amide bonds. The first-order chi connectivity index (χ1) is 18.2. The monoisotopic (exact) mass is 564 g/mol. The number of hydrogen-bond donors (Lipinski definition) is 3. The van der Waals surface area contributed by atoms with Crippen LogP contribution < -0.4 is 9.84 Å². The molecular weight excluding hydrogens is 536 g/mol. The number of hydrogen-bond acceptors (Lipinski definition) is 11. The van der Waals surface area contributed by atoms with E-state index in [0.717, 1.165) is 26.7 Å². The Morgan fingerprint density at radius 1 is 1.26 bits per heavy atom. The summed E-state index contributed by atoms with van der Waals surface area (Å²) in [5.41, 5.74) is 3.42. The highest BCUT2D eigenvalue weighted by molar-refractivity contribution is 7.92. The molecule has 0 radical (unpaired) electrons. The van der Waals surface area contributed by atoms with E-state index in [9.17, 15) is 28.4 Å². The van der Waals surface area contributed by atoms with E-state index in [2.05, 4.69) is 10.4 Å². The summed E-state index contributed by atoms with van der Waals surface area (Å²) in [4.78, 5) is 26.9. The van der Waals surface area contributed by atoms with Crippen molar-refractivity contribution in [2.24, 2.45) is 0 Å². The lowest BCUT2D eigenvalue weighted by atomic mass is 10.1. The third kappa shape index (κ3) is 7.33. The van der Waals surface area contributed by atoms with Crippen LogP contribution in [0.3, 0.4) is 0 Å². The van der Waals surface area contributed by atoms with Crippen LogP contribution in [0.4, 0.5) is 11.4 Å². The lowest BCUT2D eigenvalue weighted by Gasteiger charge is -2.25. The molecular formula is C24H28N4O8S2. The van der Waals surface area contributed by atoms with E-state index >= 15 is 0 Å². The molecule has 2 aromatic carbocycles. The van der Waals surface area contributed by atoms with Gasteiger partial charge >= 0.3 is 5.97 Å². The average Bonchev–Trinajstić information content (AvgIpc) is 3.40. The van der Waals surface area contributed by atoms with Gasteiger partial charge in [-0.1, -0.05) is 25.1 Å². The Labute approximate surface area is 223 Å². The summed E-state index contributed by atoms with van der Waals surface area (Å²) >= 11 is 1.15. The Morgan fingerprint density at radius 3 is 2.66 bits per heavy atom. The molecule has 0 bridgehead atoms. The Balaban J connectivity index is 1.77. The molecule has 14 heteroatoms. The van der Waals surface area contributed by atoms with Crippen molar-refractivity contribution in [1.82, 2.24) is 10.4 Å². The molecule has 0 saturated carbocycles. The van der Waals surface area contributed by atoms with Crippen LogP contribution in [-0.2, 0) is 21.2 Å². The van der Waals surface area contributed by atoms with E-state index in [1.807, 2.05) is 6.92 Å². The largest absolute Gasteiger partial charge is 0.458 e. The number of aryl methyl sites for hydroxylation is 1. The Morgan fingerprint density at radius 2 is 2.00 bits per heavy atom. The van der Waals surface area contributed by atoms with Gasteiger partial charge in [0.25, 0.3) is 15.7 Å². The zero-order valence-corrected chi connectivity index (χ0v) is 22.2. The molecule has 12 nitrogen and oxygen atoms in total. The molecule has 1 heterocycles. The molecule has 0 aliphatic rings. The summed E-state index contributed by atoms with van der Waals surface area (Å²) in [6.07, 6.45) is 2.30. The number of nitrogens with zero attached hydrogens (tertiary/aromatic N) is 3. The maximum Gasteiger partial charge on any atom is 0.367 e. The molecule has 3 N–H and O–H groups in total. The standard InChI is InChI=1S/C24H28N4O8S2/c1-2-22(30)17-8-10-18(11-9-17)27(38(34,35)21-7-3-5-19(15-21)28(32)33)26-12-4-6-20-16-25-23(37-20)24(31)36-14-13-29/h3,5,7-11,15-16,22,26,29-30H,2,4,6,12-14H2,1H3. The van der Waals surface area contributed by atoms with Crippen molar-refractivity contribution in [2.45, 2.75) is 37.2 Å². The third-order valence-corrected chi connectivity index (χ3v) is 8.08. The second kappa shape index (κ2) is 13.4. The maximum absolute atomic E-state index is 13.5. The van der Waals surface area contributed by atoms with Crippen molar-refractivity contribution in [3.63, 3.8) is 0 Å². The van der Waals surface area contributed by atoms with Gasteiger partial charge in [0.15, 0.2) is 0 Å². The lowest BCUT2D eigenvalue weighted by Crippen LogP contribution is -2.43. The van der Waals surface area contributed by atoms with Gasteiger partial charge in [-0.25, -0.2) is 15.2 Å². The van der Waals surface area contributed by atoms with E-state index in [-0.39, 0.29) is 41.0 Å². The molecule has 0 aliphatic carbocycles. The van der Waals surface area contributed by atoms with Crippen LogP contribution >= 0.6 is 11.3 Å². The van der Waals surface area contributed by atoms with Crippen molar-refractivity contribution < 1.29 is 33.1 Å². The van der Waals surface area contributed by atoms with Crippen LogP contribution in [0.1, 0.15) is 46.1 Å². The molecule has 1 unspecified atom stereocenters. The summed E-state index contributed by atoms with van der Waals surface area (Å²) in [6.45, 7) is 1.62. The number of nitrogens with one attached hydrogen (secondary N) is 1. The Bertz CT molecular complexity index is 1350. The van der Waals surface area contributed by atoms with Crippen molar-refractivity contribution >= 4 is 38.7 Å². The molecule has 0 aliphatic heterocycles. The van der Waals surface area contributed by atoms with Crippen molar-refractivity contribution in [3.8, 4) is 0 Å². The molecule has 3 aromatic rings. The van der Waals surface area contributed by atoms with Gasteiger partial charge in [-0.15, -0.1) is 11.3 Å². The third-order valence-electron chi connectivity index (χ3n) is 5.37. The SMILES string of the molecule is CCC(O)c1ccc(N(NCCCc2cnc(C(=O)OCCO)s2)S(=O)(=O)c2cccc([N+](=O)[O-])c2)cc1. The second-order valence-corrected chi connectivity index (χ2v) is 10.9. The zero-order valence-electron chi connectivity index (χ0n) is 20.5. The number of nitro groups is 1. The van der Waals surface area contributed by atoms with Gasteiger partial charge in [0.05, 0.1) is 28.2 Å². The topological polar surface area (TPSA) is 172 Å². The minimum Gasteiger partial charge on any atom is -0.458 e. The van der Waals surface area contributed by atoms with E-state index in [0.29, 0.717) is 24.8 Å². The Kier molecular flexibility index (Phi) is 10.3. The maximum atomic E-state index is 13.5. The van der Waals surface area contributed by atoms with Crippen molar-refractivity contribution in [2.75, 3.05) is 24.2 Å². The lowest BCUT2D eigenvalue weighted by molar-refractivity contribution is -0.385. The highest BCUT2D eigenvalue weighted by atomic mass is 32.2. The number of aliphatic hydroxyl groups excluding tert-OH is 2. The first kappa shape index (κ1) is 29.1. The molecule has 0 spiro atoms. The van der Waals surface area contributed by atoms with Crippen LogP contribution in [0, 0.1) is 10.1 Å². The van der Waals surface area contributed by atoms with Crippen LogP contribution in [0.25, 0.3) is 0 Å². The van der Waals surface area contributed by atoms with Crippen LogP contribution in [-0.4, -0.2) is 54.3 Å². The number of aromatic nitrogens is 1. The average molecular weight is 565 g/mol. The fourth-order valence-corrected chi connectivity index (χ4v) is 5.65. The number of rotatable bonds is 14. The number of sulfonamides is 1. The quantitative estimate of drug-likeness (QED) is 0.114. The van der Waals surface area contributed by atoms with Gasteiger partial charge in [-0.2, -0.15) is 12.8 Å². The number of nitro benzene ring substituents is 1. The van der Waals surface area contributed by atoms with E-state index in [4.69, 9.17) is 9.84 Å². The first-order valence-corrected chi connectivity index (χ1v) is 14.0. The number of hydrazine groups is 1. The first-order valence-electron chi connectivity index (χ1n) is 11.7. The minimum atomic E-state index is -4.25. The summed E-state index contributed by atoms with van der Waals surface area (Å²) in [5.74, 6) is -0.626. The van der Waals surface area contributed by atoms with E-state index in [1.165, 1.54) is 24.4 Å². The van der Waals surface area contributed by atoms with E-state index in [1.54, 1.807) is 24.3 Å². The predicted octanol–water partition coefficient (Wildman–Crippen LogP) is 2.98. The number of aliphatic hydroxyl groups is 2. The zero-order chi connectivity index (χ0) is 27.7. The number of ether oxygens (including phenoxy) is 1. The predicted molar refractivity (Wildman–Crippen MR) is 140 cm³/mol. The van der Waals surface area contributed by atoms with Gasteiger partial charge in [-0.05, 0) is 43.0 Å². The minimum absolute atomic E-state index is 0.120. The number of carbonyl (C=O) groups is 1. The molecule has 0 fully saturated rings. The van der Waals surface area contributed by atoms with Gasteiger partial charge in [0, 0.05) is 29.8 Å². The number of carbonyl (C=O) groups excluding carboxylic acids is 1. The highest BCUT2D eigenvalue weighted by Crippen LogP contribution is 2.27. The number of non-ortho nitro benzene ring substituents is 1. The van der Waals surface area contributed by atoms with Gasteiger partial charge in [0.2, 0.25) is 5.01 Å². The van der Waals surface area contributed by atoms with Gasteiger partial charge < -0.3 is 14.9 Å². The molecule has 1 aromatic heterocycles. The van der Waals surface area contributed by atoms with Crippen molar-refractivity contribution in [1.29, 1.82) is 0 Å². The van der Waals surface area contributed by atoms with Crippen LogP contribution in [0.2, 0.25) is 0 Å². The highest BCUT2D eigenvalue weighted by Gasteiger charge is 2.27. The second-order valence-electron chi connectivity index (χ2n) is 8.04. The number of benzene rings is 2.